The van der Waals surface area contributed by atoms with E-state index in [4.69, 9.17) is 4.74 Å². The molecule has 0 aromatic carbocycles. The Morgan fingerprint density at radius 1 is 1.08 bits per heavy atom. The standard InChI is InChI=1S/C11H25NO/c1-10(2,3)12-9-11(4,5)7-8-13-6/h12H,7-9H2,1-6H3. The SMILES string of the molecule is COCCC(C)(C)CNC(C)(C)C. The van der Waals surface area contributed by atoms with Crippen LogP contribution in [0.25, 0.3) is 0 Å². The van der Waals surface area contributed by atoms with E-state index in [1.807, 2.05) is 0 Å². The normalized spacial score (nSPS) is 13.4. The van der Waals surface area contributed by atoms with Crippen molar-refractivity contribution in [3.63, 3.8) is 0 Å². The van der Waals surface area contributed by atoms with Crippen LogP contribution in [0.5, 0.6) is 0 Å². The topological polar surface area (TPSA) is 21.3 Å². The van der Waals surface area contributed by atoms with Gasteiger partial charge in [-0.25, -0.2) is 0 Å². The number of ether oxygens (including phenoxy) is 1. The van der Waals surface area contributed by atoms with Crippen LogP contribution in [0.3, 0.4) is 0 Å². The Labute approximate surface area is 83.1 Å². The first-order valence-electron chi connectivity index (χ1n) is 5.01. The third kappa shape index (κ3) is 8.26. The van der Waals surface area contributed by atoms with E-state index in [-0.39, 0.29) is 5.54 Å². The van der Waals surface area contributed by atoms with Crippen LogP contribution < -0.4 is 5.32 Å². The molecule has 0 rings (SSSR count). The van der Waals surface area contributed by atoms with Crippen molar-refractivity contribution < 1.29 is 4.74 Å². The quantitative estimate of drug-likeness (QED) is 0.714. The summed E-state index contributed by atoms with van der Waals surface area (Å²) in [5, 5.41) is 3.52. The fourth-order valence-electron chi connectivity index (χ4n) is 0.971. The zero-order chi connectivity index (χ0) is 10.5. The maximum atomic E-state index is 5.08. The first kappa shape index (κ1) is 12.9. The van der Waals surface area contributed by atoms with E-state index in [2.05, 4.69) is 39.9 Å². The summed E-state index contributed by atoms with van der Waals surface area (Å²) in [5.74, 6) is 0. The average molecular weight is 187 g/mol. The lowest BCUT2D eigenvalue weighted by Crippen LogP contribution is -2.42. The molecule has 13 heavy (non-hydrogen) atoms. The molecular formula is C11H25NO. The highest BCUT2D eigenvalue weighted by Crippen LogP contribution is 2.19. The highest BCUT2D eigenvalue weighted by atomic mass is 16.5. The monoisotopic (exact) mass is 187 g/mol. The Morgan fingerprint density at radius 2 is 1.62 bits per heavy atom. The van der Waals surface area contributed by atoms with Crippen molar-refractivity contribution >= 4 is 0 Å². The van der Waals surface area contributed by atoms with Gasteiger partial charge in [0.05, 0.1) is 0 Å². The van der Waals surface area contributed by atoms with Crippen molar-refractivity contribution in [2.24, 2.45) is 5.41 Å². The number of rotatable bonds is 5. The van der Waals surface area contributed by atoms with Gasteiger partial charge in [-0.2, -0.15) is 0 Å². The molecule has 80 valence electrons. The maximum Gasteiger partial charge on any atom is 0.0467 e. The molecule has 0 saturated heterocycles. The lowest BCUT2D eigenvalue weighted by Gasteiger charge is -2.30. The Kier molecular flexibility index (Phi) is 4.93. The van der Waals surface area contributed by atoms with Gasteiger partial charge in [-0.3, -0.25) is 0 Å². The van der Waals surface area contributed by atoms with Gasteiger partial charge < -0.3 is 10.1 Å². The Hall–Kier alpha value is -0.0800. The number of hydrogen-bond acceptors (Lipinski definition) is 2. The van der Waals surface area contributed by atoms with E-state index >= 15 is 0 Å². The largest absolute Gasteiger partial charge is 0.385 e. The lowest BCUT2D eigenvalue weighted by atomic mass is 9.88. The minimum atomic E-state index is 0.213. The summed E-state index contributed by atoms with van der Waals surface area (Å²) < 4.78 is 5.08. The van der Waals surface area contributed by atoms with Crippen molar-refractivity contribution in [1.29, 1.82) is 0 Å². The first-order chi connectivity index (χ1) is 5.77. The maximum absolute atomic E-state index is 5.08. The third-order valence-electron chi connectivity index (χ3n) is 2.08. The molecule has 0 aliphatic rings. The fraction of sp³-hybridized carbons (Fsp3) is 1.00. The van der Waals surface area contributed by atoms with Crippen LogP contribution in [0.2, 0.25) is 0 Å². The zero-order valence-electron chi connectivity index (χ0n) is 10.0. The average Bonchev–Trinajstić information content (AvgIpc) is 1.97. The Morgan fingerprint density at radius 3 is 2.00 bits per heavy atom. The predicted molar refractivity (Wildman–Crippen MR) is 58.0 cm³/mol. The van der Waals surface area contributed by atoms with Crippen LogP contribution in [0.4, 0.5) is 0 Å². The second-order valence-corrected chi connectivity index (χ2v) is 5.51. The summed E-state index contributed by atoms with van der Waals surface area (Å²) >= 11 is 0. The molecule has 0 amide bonds. The van der Waals surface area contributed by atoms with Gasteiger partial charge in [0.1, 0.15) is 0 Å². The summed E-state index contributed by atoms with van der Waals surface area (Å²) in [6, 6.07) is 0. The smallest absolute Gasteiger partial charge is 0.0467 e. The van der Waals surface area contributed by atoms with E-state index in [9.17, 15) is 0 Å². The molecule has 0 saturated carbocycles. The van der Waals surface area contributed by atoms with Crippen molar-refractivity contribution in [2.75, 3.05) is 20.3 Å². The summed E-state index contributed by atoms with van der Waals surface area (Å²) in [6.45, 7) is 13.0. The second kappa shape index (κ2) is 4.97. The highest BCUT2D eigenvalue weighted by molar-refractivity contribution is 4.77. The molecule has 2 nitrogen and oxygen atoms in total. The molecule has 0 spiro atoms. The molecule has 0 aliphatic carbocycles. The van der Waals surface area contributed by atoms with Crippen molar-refractivity contribution in [1.82, 2.24) is 5.32 Å². The molecule has 1 N–H and O–H groups in total. The van der Waals surface area contributed by atoms with Crippen molar-refractivity contribution in [3.8, 4) is 0 Å². The fourth-order valence-corrected chi connectivity index (χ4v) is 0.971. The minimum absolute atomic E-state index is 0.213. The molecule has 0 aromatic rings. The molecule has 0 radical (unpaired) electrons. The lowest BCUT2D eigenvalue weighted by molar-refractivity contribution is 0.146. The summed E-state index contributed by atoms with van der Waals surface area (Å²) in [7, 11) is 1.76. The van der Waals surface area contributed by atoms with Gasteiger partial charge in [0.2, 0.25) is 0 Å². The molecule has 0 unspecified atom stereocenters. The number of methoxy groups -OCH3 is 1. The van der Waals surface area contributed by atoms with Crippen LogP contribution in [-0.2, 0) is 4.74 Å². The van der Waals surface area contributed by atoms with Gasteiger partial charge in [0.15, 0.2) is 0 Å². The first-order valence-corrected chi connectivity index (χ1v) is 5.01. The van der Waals surface area contributed by atoms with Gasteiger partial charge in [0.25, 0.3) is 0 Å². The van der Waals surface area contributed by atoms with Gasteiger partial charge in [-0.15, -0.1) is 0 Å². The van der Waals surface area contributed by atoms with Crippen LogP contribution >= 0.6 is 0 Å². The van der Waals surface area contributed by atoms with Gasteiger partial charge in [-0.1, -0.05) is 13.8 Å². The van der Waals surface area contributed by atoms with Gasteiger partial charge >= 0.3 is 0 Å². The molecule has 0 heterocycles. The minimum Gasteiger partial charge on any atom is -0.385 e. The van der Waals surface area contributed by atoms with Gasteiger partial charge in [0, 0.05) is 25.8 Å². The van der Waals surface area contributed by atoms with Crippen molar-refractivity contribution in [2.45, 2.75) is 46.6 Å². The van der Waals surface area contributed by atoms with E-state index in [1.165, 1.54) is 0 Å². The molecule has 2 heteroatoms. The van der Waals surface area contributed by atoms with E-state index in [0.29, 0.717) is 5.41 Å². The molecule has 0 fully saturated rings. The summed E-state index contributed by atoms with van der Waals surface area (Å²) in [4.78, 5) is 0. The number of hydrogen-bond donors (Lipinski definition) is 1. The van der Waals surface area contributed by atoms with Crippen LogP contribution in [0, 0.1) is 5.41 Å². The predicted octanol–water partition coefficient (Wildman–Crippen LogP) is 2.44. The second-order valence-electron chi connectivity index (χ2n) is 5.51. The van der Waals surface area contributed by atoms with Crippen molar-refractivity contribution in [3.05, 3.63) is 0 Å². The Bertz CT molecular complexity index is 136. The van der Waals surface area contributed by atoms with Crippen LogP contribution in [0.15, 0.2) is 0 Å². The molecular weight excluding hydrogens is 162 g/mol. The molecule has 0 aliphatic heterocycles. The summed E-state index contributed by atoms with van der Waals surface area (Å²) in [5.41, 5.74) is 0.535. The third-order valence-corrected chi connectivity index (χ3v) is 2.08. The molecule has 0 atom stereocenters. The highest BCUT2D eigenvalue weighted by Gasteiger charge is 2.20. The van der Waals surface area contributed by atoms with E-state index < -0.39 is 0 Å². The summed E-state index contributed by atoms with van der Waals surface area (Å²) in [6.07, 6.45) is 1.10. The zero-order valence-corrected chi connectivity index (χ0v) is 10.0. The van der Waals surface area contributed by atoms with Crippen LogP contribution in [0.1, 0.15) is 41.0 Å². The van der Waals surface area contributed by atoms with E-state index in [1.54, 1.807) is 7.11 Å². The Balaban J connectivity index is 3.75. The molecule has 0 aromatic heterocycles. The van der Waals surface area contributed by atoms with E-state index in [0.717, 1.165) is 19.6 Å². The van der Waals surface area contributed by atoms with Gasteiger partial charge in [-0.05, 0) is 32.6 Å². The molecule has 0 bridgehead atoms. The van der Waals surface area contributed by atoms with Crippen LogP contribution in [-0.4, -0.2) is 25.8 Å². The number of nitrogens with one attached hydrogen (secondary N) is 1.